The van der Waals surface area contributed by atoms with Crippen LogP contribution in [0.25, 0.3) is 10.8 Å². The summed E-state index contributed by atoms with van der Waals surface area (Å²) in [4.78, 5) is 15.2. The topological polar surface area (TPSA) is 45.4 Å². The molecule has 0 radical (unpaired) electrons. The molecule has 0 aliphatic carbocycles. The van der Waals surface area contributed by atoms with Crippen LogP contribution < -0.4 is 0 Å². The summed E-state index contributed by atoms with van der Waals surface area (Å²) in [6.45, 7) is 0. The van der Waals surface area contributed by atoms with Gasteiger partial charge in [0.25, 0.3) is 0 Å². The number of benzene rings is 2. The van der Waals surface area contributed by atoms with Gasteiger partial charge in [0.15, 0.2) is 6.10 Å². The van der Waals surface area contributed by atoms with Gasteiger partial charge in [0.1, 0.15) is 6.10 Å². The van der Waals surface area contributed by atoms with E-state index in [9.17, 15) is 4.79 Å². The van der Waals surface area contributed by atoms with Crippen LogP contribution in [0.2, 0.25) is 0 Å². The van der Waals surface area contributed by atoms with E-state index in [-0.39, 0.29) is 18.0 Å². The number of Topliss-reactive ketones (excluding diaryl/α,β-unsaturated/α-hetero) is 1. The van der Waals surface area contributed by atoms with Gasteiger partial charge in [0.05, 0.1) is 5.69 Å². The van der Waals surface area contributed by atoms with E-state index in [0.29, 0.717) is 5.69 Å². The standard InChI is InChI=1S/C17H13NO2/c19-15(14-9-4-10-18-14)17-16(20-17)13-8-3-6-11-5-1-2-7-12(11)13/h1-10,16-18H/t16-,17-/m0/s1. The lowest BCUT2D eigenvalue weighted by Crippen LogP contribution is -2.08. The van der Waals surface area contributed by atoms with Gasteiger partial charge in [-0.15, -0.1) is 0 Å². The SMILES string of the molecule is O=C(c1ccc[nH]1)[C@@H]1O[C@H]1c1cccc2ccccc12. The number of ketones is 1. The van der Waals surface area contributed by atoms with Crippen molar-refractivity contribution < 1.29 is 9.53 Å². The molecule has 2 atom stereocenters. The number of fused-ring (bicyclic) bond motifs is 1. The molecule has 98 valence electrons. The molecule has 3 heteroatoms. The number of hydrogen-bond acceptors (Lipinski definition) is 2. The molecule has 3 nitrogen and oxygen atoms in total. The molecule has 4 rings (SSSR count). The molecule has 1 fully saturated rings. The summed E-state index contributed by atoms with van der Waals surface area (Å²) in [5.74, 6) is 0.0212. The summed E-state index contributed by atoms with van der Waals surface area (Å²) in [5, 5.41) is 2.33. The fraction of sp³-hybridized carbons (Fsp3) is 0.118. The molecule has 2 aromatic carbocycles. The summed E-state index contributed by atoms with van der Waals surface area (Å²) in [6.07, 6.45) is 1.26. The lowest BCUT2D eigenvalue weighted by atomic mass is 9.99. The molecule has 0 amide bonds. The Bertz CT molecular complexity index is 771. The monoisotopic (exact) mass is 263 g/mol. The first-order valence-corrected chi connectivity index (χ1v) is 6.65. The average Bonchev–Trinajstić information content (AvgIpc) is 3.09. The second-order valence-corrected chi connectivity index (χ2v) is 4.99. The Morgan fingerprint density at radius 1 is 1.00 bits per heavy atom. The van der Waals surface area contributed by atoms with Crippen molar-refractivity contribution in [2.24, 2.45) is 0 Å². The Labute approximate surface area is 116 Å². The van der Waals surface area contributed by atoms with Gasteiger partial charge in [0.2, 0.25) is 5.78 Å². The third kappa shape index (κ3) is 1.75. The van der Waals surface area contributed by atoms with Gasteiger partial charge in [-0.25, -0.2) is 0 Å². The minimum Gasteiger partial charge on any atom is -0.359 e. The molecule has 0 spiro atoms. The lowest BCUT2D eigenvalue weighted by molar-refractivity contribution is 0.0949. The Balaban J connectivity index is 1.68. The maximum absolute atomic E-state index is 12.2. The quantitative estimate of drug-likeness (QED) is 0.580. The van der Waals surface area contributed by atoms with Crippen LogP contribution in [-0.4, -0.2) is 16.9 Å². The number of hydrogen-bond donors (Lipinski definition) is 1. The highest BCUT2D eigenvalue weighted by atomic mass is 16.6. The minimum atomic E-state index is -0.362. The third-order valence-corrected chi connectivity index (χ3v) is 3.74. The minimum absolute atomic E-state index is 0.0212. The zero-order valence-electron chi connectivity index (χ0n) is 10.7. The highest BCUT2D eigenvalue weighted by Crippen LogP contribution is 2.43. The Hall–Kier alpha value is -2.39. The average molecular weight is 263 g/mol. The number of H-pyrrole nitrogens is 1. The van der Waals surface area contributed by atoms with Crippen molar-refractivity contribution in [3.05, 3.63) is 72.1 Å². The van der Waals surface area contributed by atoms with E-state index >= 15 is 0 Å². The molecule has 3 aromatic rings. The molecule has 0 bridgehead atoms. The fourth-order valence-corrected chi connectivity index (χ4v) is 2.68. The highest BCUT2D eigenvalue weighted by Gasteiger charge is 2.47. The second-order valence-electron chi connectivity index (χ2n) is 4.99. The summed E-state index contributed by atoms with van der Waals surface area (Å²) < 4.78 is 5.63. The predicted octanol–water partition coefficient (Wildman–Crippen LogP) is 3.49. The molecule has 1 N–H and O–H groups in total. The molecular weight excluding hydrogens is 250 g/mol. The van der Waals surface area contributed by atoms with Crippen molar-refractivity contribution in [1.29, 1.82) is 0 Å². The molecular formula is C17H13NO2. The first kappa shape index (κ1) is 11.4. The van der Waals surface area contributed by atoms with E-state index in [1.54, 1.807) is 12.3 Å². The van der Waals surface area contributed by atoms with Gasteiger partial charge in [-0.05, 0) is 28.5 Å². The van der Waals surface area contributed by atoms with Gasteiger partial charge < -0.3 is 9.72 Å². The Morgan fingerprint density at radius 2 is 1.85 bits per heavy atom. The lowest BCUT2D eigenvalue weighted by Gasteiger charge is -2.03. The maximum atomic E-state index is 12.2. The van der Waals surface area contributed by atoms with Gasteiger partial charge in [-0.2, -0.15) is 0 Å². The maximum Gasteiger partial charge on any atom is 0.210 e. The van der Waals surface area contributed by atoms with Gasteiger partial charge >= 0.3 is 0 Å². The molecule has 1 aliphatic heterocycles. The van der Waals surface area contributed by atoms with Crippen LogP contribution in [0.1, 0.15) is 22.2 Å². The normalized spacial score (nSPS) is 21.0. The van der Waals surface area contributed by atoms with Crippen molar-refractivity contribution in [3.8, 4) is 0 Å². The fourth-order valence-electron chi connectivity index (χ4n) is 2.68. The number of aromatic nitrogens is 1. The van der Waals surface area contributed by atoms with E-state index in [1.807, 2.05) is 30.3 Å². The van der Waals surface area contributed by atoms with Crippen LogP contribution in [0.3, 0.4) is 0 Å². The summed E-state index contributed by atoms with van der Waals surface area (Å²) in [5.41, 5.74) is 1.70. The van der Waals surface area contributed by atoms with Crippen LogP contribution >= 0.6 is 0 Å². The summed E-state index contributed by atoms with van der Waals surface area (Å²) >= 11 is 0. The van der Waals surface area contributed by atoms with Gasteiger partial charge in [0, 0.05) is 6.20 Å². The third-order valence-electron chi connectivity index (χ3n) is 3.74. The molecule has 1 saturated heterocycles. The van der Waals surface area contributed by atoms with E-state index in [2.05, 4.69) is 23.2 Å². The molecule has 0 unspecified atom stereocenters. The van der Waals surface area contributed by atoms with Gasteiger partial charge in [-0.3, -0.25) is 4.79 Å². The number of ether oxygens (including phenoxy) is 1. The van der Waals surface area contributed by atoms with Gasteiger partial charge in [-0.1, -0.05) is 42.5 Å². The van der Waals surface area contributed by atoms with Crippen LogP contribution in [0.4, 0.5) is 0 Å². The van der Waals surface area contributed by atoms with Crippen molar-refractivity contribution >= 4 is 16.6 Å². The van der Waals surface area contributed by atoms with E-state index in [0.717, 1.165) is 10.9 Å². The predicted molar refractivity (Wildman–Crippen MR) is 76.7 cm³/mol. The molecule has 0 saturated carbocycles. The summed E-state index contributed by atoms with van der Waals surface area (Å²) in [7, 11) is 0. The Morgan fingerprint density at radius 3 is 2.70 bits per heavy atom. The number of aromatic amines is 1. The number of carbonyl (C=O) groups is 1. The first-order chi connectivity index (χ1) is 9.84. The highest BCUT2D eigenvalue weighted by molar-refractivity contribution is 6.00. The van der Waals surface area contributed by atoms with Crippen molar-refractivity contribution in [2.45, 2.75) is 12.2 Å². The molecule has 1 aromatic heterocycles. The van der Waals surface area contributed by atoms with Crippen molar-refractivity contribution in [3.63, 3.8) is 0 Å². The van der Waals surface area contributed by atoms with E-state index in [1.165, 1.54) is 5.39 Å². The van der Waals surface area contributed by atoms with Crippen LogP contribution in [0.15, 0.2) is 60.8 Å². The van der Waals surface area contributed by atoms with Crippen molar-refractivity contribution in [2.75, 3.05) is 0 Å². The van der Waals surface area contributed by atoms with E-state index < -0.39 is 0 Å². The van der Waals surface area contributed by atoms with Crippen LogP contribution in [0, 0.1) is 0 Å². The Kier molecular flexibility index (Phi) is 2.47. The number of nitrogens with one attached hydrogen (secondary N) is 1. The summed E-state index contributed by atoms with van der Waals surface area (Å²) in [6, 6.07) is 17.9. The molecule has 2 heterocycles. The molecule has 1 aliphatic rings. The number of rotatable bonds is 3. The zero-order chi connectivity index (χ0) is 13.5. The van der Waals surface area contributed by atoms with Crippen LogP contribution in [0.5, 0.6) is 0 Å². The largest absolute Gasteiger partial charge is 0.359 e. The van der Waals surface area contributed by atoms with E-state index in [4.69, 9.17) is 4.74 Å². The molecule has 20 heavy (non-hydrogen) atoms. The van der Waals surface area contributed by atoms with Crippen molar-refractivity contribution in [1.82, 2.24) is 4.98 Å². The number of epoxide rings is 1. The first-order valence-electron chi connectivity index (χ1n) is 6.65. The smallest absolute Gasteiger partial charge is 0.210 e. The van der Waals surface area contributed by atoms with Crippen LogP contribution in [-0.2, 0) is 4.74 Å². The zero-order valence-corrected chi connectivity index (χ0v) is 10.7. The second kappa shape index (κ2) is 4.32. The number of carbonyl (C=O) groups excluding carboxylic acids is 1.